The van der Waals surface area contributed by atoms with Crippen molar-refractivity contribution in [2.24, 2.45) is 10.7 Å². The maximum Gasteiger partial charge on any atom is 0.193 e. The van der Waals surface area contributed by atoms with Gasteiger partial charge in [0.05, 0.1) is 26.9 Å². The van der Waals surface area contributed by atoms with E-state index in [0.29, 0.717) is 24.0 Å². The smallest absolute Gasteiger partial charge is 0.193 e. The van der Waals surface area contributed by atoms with Gasteiger partial charge in [0, 0.05) is 18.4 Å². The Balaban J connectivity index is 0.00000242. The highest BCUT2D eigenvalue weighted by Crippen LogP contribution is 2.29. The van der Waals surface area contributed by atoms with E-state index in [0.717, 1.165) is 25.1 Å². The predicted molar refractivity (Wildman–Crippen MR) is 98.7 cm³/mol. The van der Waals surface area contributed by atoms with Crippen LogP contribution in [0.15, 0.2) is 23.2 Å². The molecule has 0 aromatic heterocycles. The molecule has 1 saturated heterocycles. The molecule has 1 aliphatic heterocycles. The van der Waals surface area contributed by atoms with Crippen molar-refractivity contribution in [1.29, 1.82) is 0 Å². The Morgan fingerprint density at radius 3 is 2.73 bits per heavy atom. The Labute approximate surface area is 148 Å². The average molecular weight is 421 g/mol. The van der Waals surface area contributed by atoms with Crippen molar-refractivity contribution in [2.45, 2.75) is 25.4 Å². The molecule has 1 aromatic carbocycles. The third-order valence-corrected chi connectivity index (χ3v) is 3.40. The van der Waals surface area contributed by atoms with Crippen LogP contribution in [0.3, 0.4) is 0 Å². The van der Waals surface area contributed by atoms with E-state index >= 15 is 0 Å². The number of aliphatic imine (C=N–C) groups is 1. The number of halogens is 1. The van der Waals surface area contributed by atoms with Crippen LogP contribution in [0, 0.1) is 0 Å². The molecule has 1 aliphatic rings. The van der Waals surface area contributed by atoms with E-state index < -0.39 is 0 Å². The number of guanidine groups is 1. The van der Waals surface area contributed by atoms with Crippen molar-refractivity contribution in [1.82, 2.24) is 0 Å². The van der Waals surface area contributed by atoms with E-state index in [1.54, 1.807) is 14.2 Å². The fourth-order valence-electron chi connectivity index (χ4n) is 2.25. The first-order chi connectivity index (χ1) is 10.2. The zero-order valence-corrected chi connectivity index (χ0v) is 15.3. The Bertz CT molecular complexity index is 491. The van der Waals surface area contributed by atoms with Gasteiger partial charge < -0.3 is 25.3 Å². The number of anilines is 1. The quantitative estimate of drug-likeness (QED) is 0.434. The Morgan fingerprint density at radius 2 is 2.09 bits per heavy atom. The van der Waals surface area contributed by atoms with Gasteiger partial charge in [0.2, 0.25) is 0 Å². The molecule has 0 aliphatic carbocycles. The monoisotopic (exact) mass is 421 g/mol. The third kappa shape index (κ3) is 5.53. The molecule has 22 heavy (non-hydrogen) atoms. The molecule has 124 valence electrons. The van der Waals surface area contributed by atoms with Crippen LogP contribution in [-0.2, 0) is 4.74 Å². The summed E-state index contributed by atoms with van der Waals surface area (Å²) in [4.78, 5) is 4.33. The second kappa shape index (κ2) is 9.73. The number of ether oxygens (including phenoxy) is 3. The van der Waals surface area contributed by atoms with Crippen LogP contribution in [-0.4, -0.2) is 39.4 Å². The van der Waals surface area contributed by atoms with Gasteiger partial charge in [-0.1, -0.05) is 0 Å². The number of benzene rings is 1. The molecular formula is C15H24IN3O3. The molecule has 7 heteroatoms. The SMILES string of the molecule is COc1ccc(NC(N)=NCC2CCCCO2)cc1OC.I. The number of hydrogen-bond donors (Lipinski definition) is 2. The third-order valence-electron chi connectivity index (χ3n) is 3.40. The van der Waals surface area contributed by atoms with Gasteiger partial charge in [-0.15, -0.1) is 24.0 Å². The summed E-state index contributed by atoms with van der Waals surface area (Å²) in [6, 6.07) is 5.50. The largest absolute Gasteiger partial charge is 0.493 e. The number of nitrogens with one attached hydrogen (secondary N) is 1. The van der Waals surface area contributed by atoms with Gasteiger partial charge in [0.1, 0.15) is 0 Å². The Kier molecular flexibility index (Phi) is 8.32. The Hall–Kier alpha value is -1.22. The maximum atomic E-state index is 5.90. The summed E-state index contributed by atoms with van der Waals surface area (Å²) in [6.07, 6.45) is 3.57. The lowest BCUT2D eigenvalue weighted by molar-refractivity contribution is 0.0225. The van der Waals surface area contributed by atoms with Crippen LogP contribution < -0.4 is 20.5 Å². The van der Waals surface area contributed by atoms with E-state index in [1.807, 2.05) is 18.2 Å². The van der Waals surface area contributed by atoms with Gasteiger partial charge >= 0.3 is 0 Å². The molecule has 1 fully saturated rings. The fourth-order valence-corrected chi connectivity index (χ4v) is 2.25. The minimum atomic E-state index is 0. The molecule has 0 bridgehead atoms. The number of methoxy groups -OCH3 is 2. The Morgan fingerprint density at radius 1 is 1.32 bits per heavy atom. The van der Waals surface area contributed by atoms with E-state index in [2.05, 4.69) is 10.3 Å². The van der Waals surface area contributed by atoms with Gasteiger partial charge in [0.25, 0.3) is 0 Å². The highest BCUT2D eigenvalue weighted by molar-refractivity contribution is 14.0. The first kappa shape index (κ1) is 18.8. The summed E-state index contributed by atoms with van der Waals surface area (Å²) in [5.41, 5.74) is 6.70. The van der Waals surface area contributed by atoms with Crippen LogP contribution in [0.2, 0.25) is 0 Å². The molecule has 1 aromatic rings. The summed E-state index contributed by atoms with van der Waals surface area (Å²) >= 11 is 0. The van der Waals surface area contributed by atoms with Crippen molar-refractivity contribution in [3.63, 3.8) is 0 Å². The van der Waals surface area contributed by atoms with Crippen molar-refractivity contribution in [2.75, 3.05) is 32.7 Å². The standard InChI is InChI=1S/C15H23N3O3.HI/c1-19-13-7-6-11(9-14(13)20-2)18-15(16)17-10-12-5-3-4-8-21-12;/h6-7,9,12H,3-5,8,10H2,1-2H3,(H3,16,17,18);1H. The van der Waals surface area contributed by atoms with Gasteiger partial charge in [-0.2, -0.15) is 0 Å². The minimum absolute atomic E-state index is 0. The first-order valence-electron chi connectivity index (χ1n) is 7.13. The minimum Gasteiger partial charge on any atom is -0.493 e. The molecule has 0 spiro atoms. The van der Waals surface area contributed by atoms with Crippen LogP contribution >= 0.6 is 24.0 Å². The zero-order chi connectivity index (χ0) is 15.1. The van der Waals surface area contributed by atoms with E-state index in [9.17, 15) is 0 Å². The van der Waals surface area contributed by atoms with Crippen LogP contribution in [0.25, 0.3) is 0 Å². The highest BCUT2D eigenvalue weighted by atomic mass is 127. The van der Waals surface area contributed by atoms with Crippen LogP contribution in [0.5, 0.6) is 11.5 Å². The number of nitrogens with two attached hydrogens (primary N) is 1. The second-order valence-electron chi connectivity index (χ2n) is 4.91. The second-order valence-corrected chi connectivity index (χ2v) is 4.91. The number of rotatable bonds is 5. The van der Waals surface area contributed by atoms with E-state index in [4.69, 9.17) is 19.9 Å². The topological polar surface area (TPSA) is 78.1 Å². The summed E-state index contributed by atoms with van der Waals surface area (Å²) in [6.45, 7) is 1.41. The molecule has 0 radical (unpaired) electrons. The van der Waals surface area contributed by atoms with Crippen molar-refractivity contribution >= 4 is 35.6 Å². The molecule has 1 atom stereocenters. The molecule has 2 rings (SSSR count). The van der Waals surface area contributed by atoms with Crippen molar-refractivity contribution in [3.05, 3.63) is 18.2 Å². The van der Waals surface area contributed by atoms with Crippen LogP contribution in [0.4, 0.5) is 5.69 Å². The van der Waals surface area contributed by atoms with Crippen molar-refractivity contribution in [3.8, 4) is 11.5 Å². The summed E-state index contributed by atoms with van der Waals surface area (Å²) in [7, 11) is 3.20. The van der Waals surface area contributed by atoms with E-state index in [-0.39, 0.29) is 30.1 Å². The maximum absolute atomic E-state index is 5.90. The summed E-state index contributed by atoms with van der Waals surface area (Å²) in [5.74, 6) is 1.69. The lowest BCUT2D eigenvalue weighted by Gasteiger charge is -2.20. The average Bonchev–Trinajstić information content (AvgIpc) is 2.53. The van der Waals surface area contributed by atoms with Crippen LogP contribution in [0.1, 0.15) is 19.3 Å². The number of hydrogen-bond acceptors (Lipinski definition) is 4. The highest BCUT2D eigenvalue weighted by Gasteiger charge is 2.13. The predicted octanol–water partition coefficient (Wildman–Crippen LogP) is 2.62. The first-order valence-corrected chi connectivity index (χ1v) is 7.13. The van der Waals surface area contributed by atoms with Gasteiger partial charge in [-0.05, 0) is 31.4 Å². The van der Waals surface area contributed by atoms with Gasteiger partial charge in [-0.25, -0.2) is 0 Å². The summed E-state index contributed by atoms with van der Waals surface area (Å²) < 4.78 is 16.1. The lowest BCUT2D eigenvalue weighted by atomic mass is 10.1. The fraction of sp³-hybridized carbons (Fsp3) is 0.533. The van der Waals surface area contributed by atoms with Crippen molar-refractivity contribution < 1.29 is 14.2 Å². The molecule has 1 heterocycles. The molecule has 1 unspecified atom stereocenters. The lowest BCUT2D eigenvalue weighted by Crippen LogP contribution is -2.27. The zero-order valence-electron chi connectivity index (χ0n) is 13.0. The van der Waals surface area contributed by atoms with Gasteiger partial charge in [0.15, 0.2) is 17.5 Å². The molecule has 0 saturated carbocycles. The molecular weight excluding hydrogens is 397 g/mol. The summed E-state index contributed by atoms with van der Waals surface area (Å²) in [5, 5.41) is 3.04. The molecule has 0 amide bonds. The van der Waals surface area contributed by atoms with E-state index in [1.165, 1.54) is 6.42 Å². The normalized spacial score (nSPS) is 18.3. The molecule has 3 N–H and O–H groups in total. The number of nitrogens with zero attached hydrogens (tertiary/aromatic N) is 1. The molecule has 6 nitrogen and oxygen atoms in total. The van der Waals surface area contributed by atoms with Gasteiger partial charge in [-0.3, -0.25) is 4.99 Å².